The van der Waals surface area contributed by atoms with Crippen molar-refractivity contribution in [3.05, 3.63) is 53.6 Å². The van der Waals surface area contributed by atoms with Gasteiger partial charge in [-0.1, -0.05) is 12.1 Å². The quantitative estimate of drug-likeness (QED) is 0.732. The van der Waals surface area contributed by atoms with E-state index in [1.807, 2.05) is 0 Å². The summed E-state index contributed by atoms with van der Waals surface area (Å²) in [6, 6.07) is 9.28. The third-order valence-electron chi connectivity index (χ3n) is 4.64. The lowest BCUT2D eigenvalue weighted by Crippen LogP contribution is -2.42. The van der Waals surface area contributed by atoms with Crippen LogP contribution < -0.4 is 14.4 Å². The van der Waals surface area contributed by atoms with Crippen molar-refractivity contribution in [1.29, 1.82) is 0 Å². The summed E-state index contributed by atoms with van der Waals surface area (Å²) in [7, 11) is 2.91. The second-order valence-corrected chi connectivity index (χ2v) is 6.42. The molecule has 1 aliphatic heterocycles. The number of imide groups is 1. The third kappa shape index (κ3) is 3.95. The topological polar surface area (TPSA) is 55.8 Å². The van der Waals surface area contributed by atoms with E-state index in [0.717, 1.165) is 17.0 Å². The molecule has 0 aliphatic carbocycles. The molecule has 0 radical (unpaired) electrons. The highest BCUT2D eigenvalue weighted by molar-refractivity contribution is 6.17. The lowest BCUT2D eigenvalue weighted by Gasteiger charge is -2.30. The number of amides is 2. The van der Waals surface area contributed by atoms with Crippen LogP contribution in [0.3, 0.4) is 0 Å². The van der Waals surface area contributed by atoms with Gasteiger partial charge in [0.05, 0.1) is 25.5 Å². The fourth-order valence-electron chi connectivity index (χ4n) is 3.20. The van der Waals surface area contributed by atoms with Crippen LogP contribution in [0.25, 0.3) is 0 Å². The van der Waals surface area contributed by atoms with Gasteiger partial charge in [0.2, 0.25) is 11.8 Å². The van der Waals surface area contributed by atoms with Gasteiger partial charge in [-0.15, -0.1) is 0 Å². The van der Waals surface area contributed by atoms with Gasteiger partial charge in [-0.25, -0.2) is 0 Å². The van der Waals surface area contributed by atoms with Crippen LogP contribution in [-0.2, 0) is 15.8 Å². The minimum absolute atomic E-state index is 0.0105. The normalized spacial score (nSPS) is 15.7. The number of carbonyl (C=O) groups excluding carboxylic acids is 2. The molecule has 3 rings (SSSR count). The van der Waals surface area contributed by atoms with Crippen molar-refractivity contribution >= 4 is 17.5 Å². The van der Waals surface area contributed by atoms with E-state index < -0.39 is 29.5 Å². The highest BCUT2D eigenvalue weighted by Crippen LogP contribution is 2.36. The minimum Gasteiger partial charge on any atom is -0.497 e. The van der Waals surface area contributed by atoms with E-state index >= 15 is 0 Å². The lowest BCUT2D eigenvalue weighted by molar-refractivity contribution is -0.137. The predicted octanol–water partition coefficient (Wildman–Crippen LogP) is 4.16. The maximum absolute atomic E-state index is 12.7. The van der Waals surface area contributed by atoms with Gasteiger partial charge in [0.15, 0.2) is 0 Å². The van der Waals surface area contributed by atoms with E-state index in [1.165, 1.54) is 26.4 Å². The predicted molar refractivity (Wildman–Crippen MR) is 95.5 cm³/mol. The Bertz CT molecular complexity index is 853. The fourth-order valence-corrected chi connectivity index (χ4v) is 3.20. The zero-order valence-electron chi connectivity index (χ0n) is 15.2. The Balaban J connectivity index is 1.83. The number of hydrogen-bond donors (Lipinski definition) is 0. The Labute approximate surface area is 159 Å². The molecule has 2 aromatic rings. The van der Waals surface area contributed by atoms with Gasteiger partial charge in [0.1, 0.15) is 11.5 Å². The van der Waals surface area contributed by atoms with Crippen LogP contribution in [-0.4, -0.2) is 26.0 Å². The highest BCUT2D eigenvalue weighted by Gasteiger charge is 2.35. The number of nitrogens with zero attached hydrogens (tertiary/aromatic N) is 1. The average Bonchev–Trinajstić information content (AvgIpc) is 2.66. The first-order valence-corrected chi connectivity index (χ1v) is 8.49. The first-order valence-electron chi connectivity index (χ1n) is 8.49. The number of ether oxygens (including phenoxy) is 2. The molecule has 0 aromatic heterocycles. The molecule has 0 N–H and O–H groups in total. The van der Waals surface area contributed by atoms with Crippen molar-refractivity contribution in [1.82, 2.24) is 0 Å². The molecule has 0 unspecified atom stereocenters. The summed E-state index contributed by atoms with van der Waals surface area (Å²) >= 11 is 0. The van der Waals surface area contributed by atoms with Crippen molar-refractivity contribution in [3.63, 3.8) is 0 Å². The number of piperidine rings is 1. The Hall–Kier alpha value is -3.03. The van der Waals surface area contributed by atoms with Crippen molar-refractivity contribution in [3.8, 4) is 11.5 Å². The molecule has 2 amide bonds. The molecule has 148 valence electrons. The number of carbonyl (C=O) groups is 2. The van der Waals surface area contributed by atoms with Crippen LogP contribution in [0.4, 0.5) is 18.9 Å². The van der Waals surface area contributed by atoms with Crippen LogP contribution in [0.5, 0.6) is 11.5 Å². The SMILES string of the molecule is COc1cc(OC)cc(N2C(=O)CC(c3ccc(C(F)(F)F)cc3)CC2=O)c1. The van der Waals surface area contributed by atoms with Crippen LogP contribution in [0.1, 0.15) is 29.9 Å². The van der Waals surface area contributed by atoms with E-state index in [9.17, 15) is 22.8 Å². The summed E-state index contributed by atoms with van der Waals surface area (Å²) in [5.74, 6) is -0.474. The number of hydrogen-bond acceptors (Lipinski definition) is 4. The zero-order valence-corrected chi connectivity index (χ0v) is 15.2. The van der Waals surface area contributed by atoms with Gasteiger partial charge in [-0.05, 0) is 17.7 Å². The molecule has 2 aromatic carbocycles. The van der Waals surface area contributed by atoms with Crippen LogP contribution in [0.15, 0.2) is 42.5 Å². The molecule has 0 saturated carbocycles. The van der Waals surface area contributed by atoms with Gasteiger partial charge in [-0.2, -0.15) is 13.2 Å². The third-order valence-corrected chi connectivity index (χ3v) is 4.64. The Morgan fingerprint density at radius 3 is 1.82 bits per heavy atom. The van der Waals surface area contributed by atoms with Crippen LogP contribution in [0.2, 0.25) is 0 Å². The number of rotatable bonds is 4. The van der Waals surface area contributed by atoms with Gasteiger partial charge < -0.3 is 9.47 Å². The molecular formula is C20H18F3NO4. The van der Waals surface area contributed by atoms with E-state index in [2.05, 4.69) is 0 Å². The summed E-state index contributed by atoms with van der Waals surface area (Å²) in [4.78, 5) is 26.4. The smallest absolute Gasteiger partial charge is 0.416 e. The largest absolute Gasteiger partial charge is 0.497 e. The molecule has 28 heavy (non-hydrogen) atoms. The molecule has 0 atom stereocenters. The number of alkyl halides is 3. The second-order valence-electron chi connectivity index (χ2n) is 6.42. The first kappa shape index (κ1) is 19.7. The Morgan fingerprint density at radius 2 is 1.39 bits per heavy atom. The molecular weight excluding hydrogens is 375 g/mol. The fraction of sp³-hybridized carbons (Fsp3) is 0.300. The molecule has 8 heteroatoms. The van der Waals surface area contributed by atoms with Gasteiger partial charge in [0, 0.05) is 37.0 Å². The maximum Gasteiger partial charge on any atom is 0.416 e. The van der Waals surface area contributed by atoms with E-state index in [-0.39, 0.29) is 12.8 Å². The molecule has 1 fully saturated rings. The lowest BCUT2D eigenvalue weighted by atomic mass is 9.88. The summed E-state index contributed by atoms with van der Waals surface area (Å²) in [6.07, 6.45) is -4.41. The molecule has 1 aliphatic rings. The van der Waals surface area contributed by atoms with E-state index in [1.54, 1.807) is 18.2 Å². The molecule has 0 spiro atoms. The number of anilines is 1. The van der Waals surface area contributed by atoms with E-state index in [4.69, 9.17) is 9.47 Å². The molecule has 5 nitrogen and oxygen atoms in total. The Kier molecular flexibility index (Phi) is 5.31. The second kappa shape index (κ2) is 7.53. The van der Waals surface area contributed by atoms with Crippen molar-refractivity contribution in [2.45, 2.75) is 24.9 Å². The summed E-state index contributed by atoms with van der Waals surface area (Å²) < 4.78 is 48.5. The van der Waals surface area contributed by atoms with Crippen molar-refractivity contribution in [2.75, 3.05) is 19.1 Å². The zero-order chi connectivity index (χ0) is 20.5. The van der Waals surface area contributed by atoms with Crippen molar-refractivity contribution in [2.24, 2.45) is 0 Å². The number of halogens is 3. The van der Waals surface area contributed by atoms with E-state index in [0.29, 0.717) is 22.7 Å². The summed E-state index contributed by atoms with van der Waals surface area (Å²) in [6.45, 7) is 0. The van der Waals surface area contributed by atoms with Crippen LogP contribution in [0, 0.1) is 0 Å². The minimum atomic E-state index is -4.43. The van der Waals surface area contributed by atoms with Gasteiger partial charge >= 0.3 is 6.18 Å². The molecule has 0 bridgehead atoms. The monoisotopic (exact) mass is 393 g/mol. The van der Waals surface area contributed by atoms with Crippen LogP contribution >= 0.6 is 0 Å². The number of methoxy groups -OCH3 is 2. The van der Waals surface area contributed by atoms with Gasteiger partial charge in [0.25, 0.3) is 0 Å². The number of benzene rings is 2. The summed E-state index contributed by atoms with van der Waals surface area (Å²) in [5.41, 5.74) is 0.0875. The Morgan fingerprint density at radius 1 is 0.893 bits per heavy atom. The van der Waals surface area contributed by atoms with Gasteiger partial charge in [-0.3, -0.25) is 14.5 Å². The first-order chi connectivity index (χ1) is 13.2. The standard InChI is InChI=1S/C20H18F3NO4/c1-27-16-9-15(10-17(11-16)28-2)24-18(25)7-13(8-19(24)26)12-3-5-14(6-4-12)20(21,22)23/h3-6,9-11,13H,7-8H2,1-2H3. The van der Waals surface area contributed by atoms with Crippen molar-refractivity contribution < 1.29 is 32.2 Å². The maximum atomic E-state index is 12.7. The highest BCUT2D eigenvalue weighted by atomic mass is 19.4. The molecule has 1 saturated heterocycles. The molecule has 1 heterocycles. The summed E-state index contributed by atoms with van der Waals surface area (Å²) in [5, 5.41) is 0. The average molecular weight is 393 g/mol.